The summed E-state index contributed by atoms with van der Waals surface area (Å²) < 4.78 is 11.3. The van der Waals surface area contributed by atoms with E-state index in [2.05, 4.69) is 73.8 Å². The summed E-state index contributed by atoms with van der Waals surface area (Å²) >= 11 is 0. The molecule has 3 nitrogen and oxygen atoms in total. The molecule has 2 aromatic carbocycles. The molecule has 2 aromatic rings. The van der Waals surface area contributed by atoms with Crippen LogP contribution in [0, 0.1) is 5.92 Å². The molecule has 0 unspecified atom stereocenters. The van der Waals surface area contributed by atoms with Crippen molar-refractivity contribution in [2.24, 2.45) is 5.92 Å². The van der Waals surface area contributed by atoms with Gasteiger partial charge >= 0.3 is 0 Å². The van der Waals surface area contributed by atoms with Gasteiger partial charge in [-0.1, -0.05) is 42.5 Å². The van der Waals surface area contributed by atoms with Gasteiger partial charge in [-0.25, -0.2) is 0 Å². The molecule has 1 saturated heterocycles. The summed E-state index contributed by atoms with van der Waals surface area (Å²) in [5.41, 5.74) is 2.82. The fraction of sp³-hybridized carbons (Fsp3) is 0.500. The number of nitrogens with two attached hydrogens (primary N) is 1. The Balaban J connectivity index is 1.65. The van der Waals surface area contributed by atoms with Crippen molar-refractivity contribution in [2.45, 2.75) is 51.2 Å². The molecule has 146 valence electrons. The average Bonchev–Trinajstić information content (AvgIpc) is 2.68. The second-order valence-electron chi connectivity index (χ2n) is 8.30. The fourth-order valence-electron chi connectivity index (χ4n) is 4.33. The van der Waals surface area contributed by atoms with Gasteiger partial charge in [0.2, 0.25) is 0 Å². The zero-order chi connectivity index (χ0) is 19.1. The minimum atomic E-state index is -0.0125. The summed E-state index contributed by atoms with van der Waals surface area (Å²) in [6.45, 7) is 7.52. The van der Waals surface area contributed by atoms with Crippen LogP contribution >= 0.6 is 0 Å². The Morgan fingerprint density at radius 2 is 1.85 bits per heavy atom. The van der Waals surface area contributed by atoms with Crippen molar-refractivity contribution in [3.8, 4) is 5.75 Å². The Hall–Kier alpha value is -1.84. The van der Waals surface area contributed by atoms with Crippen LogP contribution in [0.5, 0.6) is 5.75 Å². The third-order valence-electron chi connectivity index (χ3n) is 5.75. The van der Waals surface area contributed by atoms with E-state index in [-0.39, 0.29) is 5.60 Å². The lowest BCUT2D eigenvalue weighted by Gasteiger charge is -2.39. The molecule has 2 atom stereocenters. The van der Waals surface area contributed by atoms with E-state index in [0.717, 1.165) is 38.3 Å². The molecular formula is C24H34NO2+. The van der Waals surface area contributed by atoms with Crippen molar-refractivity contribution < 1.29 is 14.8 Å². The Labute approximate surface area is 164 Å². The summed E-state index contributed by atoms with van der Waals surface area (Å²) in [5.74, 6) is 2.18. The first kappa shape index (κ1) is 19.9. The number of benzene rings is 2. The Morgan fingerprint density at radius 3 is 2.52 bits per heavy atom. The fourth-order valence-corrected chi connectivity index (χ4v) is 4.33. The van der Waals surface area contributed by atoms with Crippen LogP contribution in [-0.4, -0.2) is 25.9 Å². The monoisotopic (exact) mass is 368 g/mol. The highest BCUT2D eigenvalue weighted by Crippen LogP contribution is 2.40. The lowest BCUT2D eigenvalue weighted by Crippen LogP contribution is -2.82. The third kappa shape index (κ3) is 5.82. The second-order valence-corrected chi connectivity index (χ2v) is 8.30. The molecule has 0 amide bonds. The molecule has 0 radical (unpaired) electrons. The summed E-state index contributed by atoms with van der Waals surface area (Å²) in [7, 11) is 1.73. The van der Waals surface area contributed by atoms with E-state index in [1.165, 1.54) is 17.5 Å². The molecule has 0 spiro atoms. The maximum atomic E-state index is 5.97. The molecule has 1 aliphatic rings. The van der Waals surface area contributed by atoms with Gasteiger partial charge in [0, 0.05) is 18.6 Å². The first-order valence-electron chi connectivity index (χ1n) is 10.2. The second kappa shape index (κ2) is 9.38. The minimum absolute atomic E-state index is 0.0125. The zero-order valence-corrected chi connectivity index (χ0v) is 17.0. The Kier molecular flexibility index (Phi) is 6.92. The van der Waals surface area contributed by atoms with Gasteiger partial charge in [-0.2, -0.15) is 0 Å². The Morgan fingerprint density at radius 1 is 1.11 bits per heavy atom. The lowest BCUT2D eigenvalue weighted by molar-refractivity contribution is -0.671. The highest BCUT2D eigenvalue weighted by Gasteiger charge is 2.34. The van der Waals surface area contributed by atoms with Crippen molar-refractivity contribution in [1.82, 2.24) is 0 Å². The van der Waals surface area contributed by atoms with Gasteiger partial charge in [-0.15, -0.1) is 0 Å². The van der Waals surface area contributed by atoms with Crippen LogP contribution in [0.4, 0.5) is 0 Å². The van der Waals surface area contributed by atoms with E-state index in [0.29, 0.717) is 11.8 Å². The van der Waals surface area contributed by atoms with Crippen molar-refractivity contribution in [1.29, 1.82) is 0 Å². The van der Waals surface area contributed by atoms with Crippen molar-refractivity contribution in [3.63, 3.8) is 0 Å². The van der Waals surface area contributed by atoms with Gasteiger partial charge in [0.05, 0.1) is 19.3 Å². The van der Waals surface area contributed by atoms with E-state index in [9.17, 15) is 0 Å². The van der Waals surface area contributed by atoms with Crippen molar-refractivity contribution in [2.75, 3.05) is 20.3 Å². The van der Waals surface area contributed by atoms with E-state index in [1.807, 2.05) is 0 Å². The number of rotatable bonds is 8. The van der Waals surface area contributed by atoms with Crippen LogP contribution in [-0.2, 0) is 11.3 Å². The quantitative estimate of drug-likeness (QED) is 0.711. The van der Waals surface area contributed by atoms with Gasteiger partial charge in [0.15, 0.2) is 0 Å². The summed E-state index contributed by atoms with van der Waals surface area (Å²) in [6, 6.07) is 19.4. The van der Waals surface area contributed by atoms with Gasteiger partial charge in [0.1, 0.15) is 12.3 Å². The van der Waals surface area contributed by atoms with Crippen LogP contribution in [0.3, 0.4) is 0 Å². The van der Waals surface area contributed by atoms with E-state index < -0.39 is 0 Å². The first-order valence-corrected chi connectivity index (χ1v) is 10.2. The summed E-state index contributed by atoms with van der Waals surface area (Å²) in [5, 5.41) is 2.44. The molecule has 2 N–H and O–H groups in total. The number of ether oxygens (including phenoxy) is 2. The van der Waals surface area contributed by atoms with Crippen LogP contribution < -0.4 is 10.1 Å². The molecule has 3 rings (SSSR count). The molecule has 27 heavy (non-hydrogen) atoms. The van der Waals surface area contributed by atoms with Crippen LogP contribution in [0.1, 0.15) is 50.2 Å². The lowest BCUT2D eigenvalue weighted by atomic mass is 9.75. The topological polar surface area (TPSA) is 35.1 Å². The van der Waals surface area contributed by atoms with Crippen LogP contribution in [0.25, 0.3) is 0 Å². The largest absolute Gasteiger partial charge is 0.497 e. The predicted octanol–water partition coefficient (Wildman–Crippen LogP) is 4.14. The molecular weight excluding hydrogens is 334 g/mol. The molecule has 3 heteroatoms. The number of hydrogen-bond acceptors (Lipinski definition) is 2. The molecule has 1 heterocycles. The molecule has 0 saturated carbocycles. The third-order valence-corrected chi connectivity index (χ3v) is 5.75. The van der Waals surface area contributed by atoms with Gasteiger partial charge in [0.25, 0.3) is 0 Å². The average molecular weight is 369 g/mol. The van der Waals surface area contributed by atoms with Gasteiger partial charge < -0.3 is 14.8 Å². The van der Waals surface area contributed by atoms with Crippen molar-refractivity contribution in [3.05, 3.63) is 65.7 Å². The normalized spacial score (nSPS) is 20.2. The maximum Gasteiger partial charge on any atom is 0.118 e. The van der Waals surface area contributed by atoms with E-state index in [1.54, 1.807) is 7.11 Å². The SMILES string of the molecule is COc1ccc([C@H](CC[NH2+]Cc2ccccc2)[C@@H]2CCOC(C)(C)C2)cc1. The first-order chi connectivity index (χ1) is 13.1. The highest BCUT2D eigenvalue weighted by molar-refractivity contribution is 5.30. The van der Waals surface area contributed by atoms with Gasteiger partial charge in [-0.3, -0.25) is 0 Å². The van der Waals surface area contributed by atoms with Crippen LogP contribution in [0.15, 0.2) is 54.6 Å². The molecule has 0 bridgehead atoms. The zero-order valence-electron chi connectivity index (χ0n) is 17.0. The number of methoxy groups -OCH3 is 1. The standard InChI is InChI=1S/C24H33NO2/c1-24(2)17-21(14-16-27-24)23(20-9-11-22(26-3)12-10-20)13-15-25-18-19-7-5-4-6-8-19/h4-12,21,23,25H,13-18H2,1-3H3/p+1/t21-,23+/m1/s1. The molecule has 1 fully saturated rings. The number of hydrogen-bond donors (Lipinski definition) is 1. The van der Waals surface area contributed by atoms with Crippen LogP contribution in [0.2, 0.25) is 0 Å². The predicted molar refractivity (Wildman–Crippen MR) is 110 cm³/mol. The van der Waals surface area contributed by atoms with Gasteiger partial charge in [-0.05, 0) is 56.2 Å². The highest BCUT2D eigenvalue weighted by atomic mass is 16.5. The van der Waals surface area contributed by atoms with E-state index >= 15 is 0 Å². The van der Waals surface area contributed by atoms with E-state index in [4.69, 9.17) is 9.47 Å². The summed E-state index contributed by atoms with van der Waals surface area (Å²) in [4.78, 5) is 0. The molecule has 0 aromatic heterocycles. The Bertz CT molecular complexity index is 681. The maximum absolute atomic E-state index is 5.97. The number of quaternary nitrogens is 1. The molecule has 1 aliphatic heterocycles. The summed E-state index contributed by atoms with van der Waals surface area (Å²) in [6.07, 6.45) is 3.47. The smallest absolute Gasteiger partial charge is 0.118 e. The minimum Gasteiger partial charge on any atom is -0.497 e. The van der Waals surface area contributed by atoms with Crippen molar-refractivity contribution >= 4 is 0 Å². The molecule has 0 aliphatic carbocycles.